The standard InChI is InChI=1S/C16H13N3O2/c20-10-15-16(18-19-17-15)13-6-8-14(9-7-13)21-11-12-4-2-1-3-5-12/h1-10H,11H2,(H,17,18,19). The molecule has 0 saturated heterocycles. The van der Waals surface area contributed by atoms with Gasteiger partial charge in [-0.3, -0.25) is 4.79 Å². The van der Waals surface area contributed by atoms with Crippen LogP contribution in [0.25, 0.3) is 11.3 Å². The highest BCUT2D eigenvalue weighted by molar-refractivity contribution is 5.82. The van der Waals surface area contributed by atoms with Crippen LogP contribution in [0.3, 0.4) is 0 Å². The minimum absolute atomic E-state index is 0.299. The average molecular weight is 279 g/mol. The Morgan fingerprint density at radius 3 is 2.48 bits per heavy atom. The lowest BCUT2D eigenvalue weighted by molar-refractivity contribution is 0.111. The summed E-state index contributed by atoms with van der Waals surface area (Å²) in [4.78, 5) is 10.8. The van der Waals surface area contributed by atoms with Crippen LogP contribution in [0.5, 0.6) is 5.75 Å². The molecule has 1 N–H and O–H groups in total. The van der Waals surface area contributed by atoms with Gasteiger partial charge >= 0.3 is 0 Å². The van der Waals surface area contributed by atoms with Gasteiger partial charge in [0, 0.05) is 5.56 Å². The van der Waals surface area contributed by atoms with Crippen LogP contribution in [-0.2, 0) is 6.61 Å². The largest absolute Gasteiger partial charge is 0.489 e. The SMILES string of the molecule is O=Cc1n[nH]nc1-c1ccc(OCc2ccccc2)cc1. The smallest absolute Gasteiger partial charge is 0.172 e. The second kappa shape index (κ2) is 6.00. The summed E-state index contributed by atoms with van der Waals surface area (Å²) < 4.78 is 5.71. The molecule has 3 aromatic rings. The maximum absolute atomic E-state index is 10.8. The van der Waals surface area contributed by atoms with E-state index in [2.05, 4.69) is 15.4 Å². The number of benzene rings is 2. The first kappa shape index (κ1) is 13.1. The molecule has 5 nitrogen and oxygen atoms in total. The van der Waals surface area contributed by atoms with Gasteiger partial charge in [0.25, 0.3) is 0 Å². The van der Waals surface area contributed by atoms with E-state index in [9.17, 15) is 4.79 Å². The number of nitrogens with zero attached hydrogens (tertiary/aromatic N) is 2. The van der Waals surface area contributed by atoms with E-state index < -0.39 is 0 Å². The van der Waals surface area contributed by atoms with Crippen molar-refractivity contribution in [3.63, 3.8) is 0 Å². The number of ether oxygens (including phenoxy) is 1. The molecule has 0 atom stereocenters. The number of aromatic nitrogens is 3. The van der Waals surface area contributed by atoms with E-state index in [4.69, 9.17) is 4.74 Å². The summed E-state index contributed by atoms with van der Waals surface area (Å²) in [6.07, 6.45) is 0.679. The Kier molecular flexibility index (Phi) is 3.73. The molecule has 0 unspecified atom stereocenters. The van der Waals surface area contributed by atoms with Crippen molar-refractivity contribution in [2.24, 2.45) is 0 Å². The number of aromatic amines is 1. The van der Waals surface area contributed by atoms with E-state index in [0.717, 1.165) is 16.9 Å². The van der Waals surface area contributed by atoms with E-state index in [-0.39, 0.29) is 0 Å². The first-order valence-electron chi connectivity index (χ1n) is 6.50. The van der Waals surface area contributed by atoms with Crippen LogP contribution in [0.2, 0.25) is 0 Å². The fourth-order valence-electron chi connectivity index (χ4n) is 1.98. The van der Waals surface area contributed by atoms with Crippen molar-refractivity contribution >= 4 is 6.29 Å². The predicted octanol–water partition coefficient (Wildman–Crippen LogP) is 2.86. The Bertz CT molecular complexity index is 721. The van der Waals surface area contributed by atoms with Gasteiger partial charge in [0.15, 0.2) is 12.0 Å². The van der Waals surface area contributed by atoms with Crippen LogP contribution in [0.4, 0.5) is 0 Å². The highest BCUT2D eigenvalue weighted by Gasteiger charge is 2.09. The van der Waals surface area contributed by atoms with Gasteiger partial charge in [-0.2, -0.15) is 15.4 Å². The number of rotatable bonds is 5. The Morgan fingerprint density at radius 2 is 1.76 bits per heavy atom. The molecule has 0 aliphatic carbocycles. The third-order valence-corrected chi connectivity index (χ3v) is 3.06. The molecule has 0 saturated carbocycles. The summed E-state index contributed by atoms with van der Waals surface area (Å²) in [7, 11) is 0. The Morgan fingerprint density at radius 1 is 1.00 bits per heavy atom. The second-order valence-corrected chi connectivity index (χ2v) is 4.47. The molecular formula is C16H13N3O2. The van der Waals surface area contributed by atoms with Crippen LogP contribution >= 0.6 is 0 Å². The minimum Gasteiger partial charge on any atom is -0.489 e. The molecule has 1 heterocycles. The molecule has 0 amide bonds. The summed E-state index contributed by atoms with van der Waals surface area (Å²) in [6.45, 7) is 0.518. The van der Waals surface area contributed by atoms with Gasteiger partial charge in [-0.25, -0.2) is 0 Å². The molecule has 3 rings (SSSR count). The molecule has 1 aromatic heterocycles. The fraction of sp³-hybridized carbons (Fsp3) is 0.0625. The van der Waals surface area contributed by atoms with Gasteiger partial charge in [0.2, 0.25) is 0 Å². The number of H-pyrrole nitrogens is 1. The number of hydrogen-bond donors (Lipinski definition) is 1. The zero-order valence-electron chi connectivity index (χ0n) is 11.2. The molecule has 0 aliphatic rings. The maximum Gasteiger partial charge on any atom is 0.172 e. The van der Waals surface area contributed by atoms with Crippen molar-refractivity contribution in [1.82, 2.24) is 15.4 Å². The molecule has 0 radical (unpaired) electrons. The monoisotopic (exact) mass is 279 g/mol. The number of carbonyl (C=O) groups is 1. The highest BCUT2D eigenvalue weighted by atomic mass is 16.5. The molecule has 0 bridgehead atoms. The van der Waals surface area contributed by atoms with Gasteiger partial charge in [-0.15, -0.1) is 0 Å². The van der Waals surface area contributed by atoms with Crippen molar-refractivity contribution in [1.29, 1.82) is 0 Å². The van der Waals surface area contributed by atoms with Crippen LogP contribution in [0.15, 0.2) is 54.6 Å². The van der Waals surface area contributed by atoms with E-state index in [1.165, 1.54) is 0 Å². The van der Waals surface area contributed by atoms with E-state index in [1.54, 1.807) is 0 Å². The normalized spacial score (nSPS) is 10.3. The van der Waals surface area contributed by atoms with E-state index >= 15 is 0 Å². The van der Waals surface area contributed by atoms with Crippen LogP contribution < -0.4 is 4.74 Å². The number of nitrogens with one attached hydrogen (secondary N) is 1. The highest BCUT2D eigenvalue weighted by Crippen LogP contribution is 2.22. The average Bonchev–Trinajstić information content (AvgIpc) is 3.03. The van der Waals surface area contributed by atoms with Crippen LogP contribution in [0, 0.1) is 0 Å². The van der Waals surface area contributed by atoms with Gasteiger partial charge in [0.1, 0.15) is 18.1 Å². The van der Waals surface area contributed by atoms with Gasteiger partial charge in [0.05, 0.1) is 0 Å². The van der Waals surface area contributed by atoms with Crippen molar-refractivity contribution in [3.8, 4) is 17.0 Å². The zero-order chi connectivity index (χ0) is 14.5. The van der Waals surface area contributed by atoms with Crippen molar-refractivity contribution in [3.05, 3.63) is 65.9 Å². The second-order valence-electron chi connectivity index (χ2n) is 4.47. The summed E-state index contributed by atoms with van der Waals surface area (Å²) in [5, 5.41) is 10.2. The maximum atomic E-state index is 10.8. The molecule has 5 heteroatoms. The summed E-state index contributed by atoms with van der Waals surface area (Å²) in [5.41, 5.74) is 2.77. The number of carbonyl (C=O) groups excluding carboxylic acids is 1. The van der Waals surface area contributed by atoms with Crippen molar-refractivity contribution in [2.75, 3.05) is 0 Å². The van der Waals surface area contributed by atoms with Gasteiger partial charge in [-0.05, 0) is 29.8 Å². The lowest BCUT2D eigenvalue weighted by atomic mass is 10.1. The van der Waals surface area contributed by atoms with Gasteiger partial charge < -0.3 is 4.74 Å². The first-order chi connectivity index (χ1) is 10.4. The summed E-state index contributed by atoms with van der Waals surface area (Å²) >= 11 is 0. The summed E-state index contributed by atoms with van der Waals surface area (Å²) in [5.74, 6) is 0.763. The number of hydrogen-bond acceptors (Lipinski definition) is 4. The Labute approximate surface area is 121 Å². The first-order valence-corrected chi connectivity index (χ1v) is 6.50. The third-order valence-electron chi connectivity index (χ3n) is 3.06. The minimum atomic E-state index is 0.299. The van der Waals surface area contributed by atoms with E-state index in [0.29, 0.717) is 24.3 Å². The molecular weight excluding hydrogens is 266 g/mol. The lowest BCUT2D eigenvalue weighted by Crippen LogP contribution is -1.95. The van der Waals surface area contributed by atoms with Crippen molar-refractivity contribution in [2.45, 2.75) is 6.61 Å². The zero-order valence-corrected chi connectivity index (χ0v) is 11.2. The predicted molar refractivity (Wildman–Crippen MR) is 78.0 cm³/mol. The van der Waals surface area contributed by atoms with E-state index in [1.807, 2.05) is 54.6 Å². The topological polar surface area (TPSA) is 67.9 Å². The Balaban J connectivity index is 1.71. The summed E-state index contributed by atoms with van der Waals surface area (Å²) in [6, 6.07) is 17.4. The molecule has 21 heavy (non-hydrogen) atoms. The fourth-order valence-corrected chi connectivity index (χ4v) is 1.98. The molecule has 2 aromatic carbocycles. The van der Waals surface area contributed by atoms with Gasteiger partial charge in [-0.1, -0.05) is 30.3 Å². The van der Waals surface area contributed by atoms with Crippen molar-refractivity contribution < 1.29 is 9.53 Å². The lowest BCUT2D eigenvalue weighted by Gasteiger charge is -2.06. The van der Waals surface area contributed by atoms with Crippen LogP contribution in [0.1, 0.15) is 16.1 Å². The molecule has 0 aliphatic heterocycles. The third kappa shape index (κ3) is 2.97. The molecule has 104 valence electrons. The quantitative estimate of drug-likeness (QED) is 0.729. The number of aldehydes is 1. The Hall–Kier alpha value is -2.95. The molecule has 0 spiro atoms. The molecule has 0 fully saturated rings. The van der Waals surface area contributed by atoms with Crippen LogP contribution in [-0.4, -0.2) is 21.7 Å².